The molecule has 3 heterocycles. The summed E-state index contributed by atoms with van der Waals surface area (Å²) in [6.07, 6.45) is 4.71. The largest absolute Gasteiger partial charge is 0.319 e. The average Bonchev–Trinajstić information content (AvgIpc) is 3.27. The Morgan fingerprint density at radius 1 is 1.03 bits per heavy atom. The van der Waals surface area contributed by atoms with Gasteiger partial charge in [-0.05, 0) is 23.4 Å². The lowest BCUT2D eigenvalue weighted by molar-refractivity contribution is -0.150. The van der Waals surface area contributed by atoms with Crippen LogP contribution in [0.1, 0.15) is 25.7 Å². The van der Waals surface area contributed by atoms with Crippen LogP contribution >= 0.6 is 11.3 Å². The summed E-state index contributed by atoms with van der Waals surface area (Å²) in [5, 5.41) is 4.29. The Hall–Kier alpha value is -3.92. The Morgan fingerprint density at radius 2 is 1.78 bits per heavy atom. The molecule has 2 aromatic heterocycles. The minimum absolute atomic E-state index is 0.106. The molecule has 1 aliphatic heterocycles. The molecule has 1 aromatic carbocycles. The molecular formula is C22H19N5O4S. The topological polar surface area (TPSA) is 113 Å². The zero-order valence-corrected chi connectivity index (χ0v) is 17.7. The van der Waals surface area contributed by atoms with Crippen LogP contribution in [0.3, 0.4) is 0 Å². The fourth-order valence-corrected chi connectivity index (χ4v) is 4.11. The van der Waals surface area contributed by atoms with Gasteiger partial charge in [0.2, 0.25) is 11.8 Å². The number of hydrogen-bond acceptors (Lipinski definition) is 7. The average molecular weight is 449 g/mol. The predicted octanol–water partition coefficient (Wildman–Crippen LogP) is 1.84. The van der Waals surface area contributed by atoms with Gasteiger partial charge in [0.15, 0.2) is 0 Å². The number of hydrogen-bond donors (Lipinski definition) is 1. The summed E-state index contributed by atoms with van der Waals surface area (Å²) in [6, 6.07) is 11.2. The third-order valence-corrected chi connectivity index (χ3v) is 5.81. The van der Waals surface area contributed by atoms with E-state index in [0.717, 1.165) is 16.9 Å². The van der Waals surface area contributed by atoms with Gasteiger partial charge in [0.25, 0.3) is 11.8 Å². The standard InChI is InChI=1S/C22H19N5O4S/c28-18-13-26(14-19(29)27(18)10-6-15-4-2-1-3-5-15)22(31)20-16(7-11-32-20)25-21(30)17-12-23-8-9-24-17/h1-5,7-9,11-12H,6,10,13-14H2,(H,25,30). The molecule has 1 saturated heterocycles. The van der Waals surface area contributed by atoms with E-state index in [9.17, 15) is 19.2 Å². The number of thiophene rings is 1. The molecule has 3 aromatic rings. The Labute approximate surface area is 187 Å². The second-order valence-corrected chi connectivity index (χ2v) is 7.96. The van der Waals surface area contributed by atoms with Crippen LogP contribution in [0.2, 0.25) is 0 Å². The van der Waals surface area contributed by atoms with Gasteiger partial charge in [-0.15, -0.1) is 11.3 Å². The number of carbonyl (C=O) groups excluding carboxylic acids is 4. The summed E-state index contributed by atoms with van der Waals surface area (Å²) in [5.41, 5.74) is 1.42. The van der Waals surface area contributed by atoms with Crippen molar-refractivity contribution >= 4 is 40.7 Å². The van der Waals surface area contributed by atoms with E-state index in [4.69, 9.17) is 0 Å². The minimum Gasteiger partial charge on any atom is -0.319 e. The van der Waals surface area contributed by atoms with E-state index in [2.05, 4.69) is 15.3 Å². The third kappa shape index (κ3) is 4.70. The maximum absolute atomic E-state index is 13.0. The van der Waals surface area contributed by atoms with Gasteiger partial charge in [0, 0.05) is 18.9 Å². The third-order valence-electron chi connectivity index (χ3n) is 4.91. The predicted molar refractivity (Wildman–Crippen MR) is 117 cm³/mol. The normalized spacial score (nSPS) is 13.9. The van der Waals surface area contributed by atoms with Crippen LogP contribution in [-0.4, -0.2) is 63.0 Å². The molecule has 1 N–H and O–H groups in total. The van der Waals surface area contributed by atoms with Crippen molar-refractivity contribution in [2.24, 2.45) is 0 Å². The molecule has 32 heavy (non-hydrogen) atoms. The second-order valence-electron chi connectivity index (χ2n) is 7.04. The summed E-state index contributed by atoms with van der Waals surface area (Å²) >= 11 is 1.12. The van der Waals surface area contributed by atoms with Gasteiger partial charge < -0.3 is 10.2 Å². The summed E-state index contributed by atoms with van der Waals surface area (Å²) in [4.78, 5) is 61.0. The fourth-order valence-electron chi connectivity index (χ4n) is 3.29. The van der Waals surface area contributed by atoms with Crippen molar-refractivity contribution in [3.63, 3.8) is 0 Å². The highest BCUT2D eigenvalue weighted by molar-refractivity contribution is 7.12. The molecule has 0 radical (unpaired) electrons. The molecule has 9 nitrogen and oxygen atoms in total. The summed E-state index contributed by atoms with van der Waals surface area (Å²) in [7, 11) is 0. The lowest BCUT2D eigenvalue weighted by Crippen LogP contribution is -2.55. The van der Waals surface area contributed by atoms with Crippen molar-refractivity contribution in [3.05, 3.63) is 76.5 Å². The first-order valence-corrected chi connectivity index (χ1v) is 10.7. The van der Waals surface area contributed by atoms with E-state index < -0.39 is 23.6 Å². The molecule has 0 unspecified atom stereocenters. The lowest BCUT2D eigenvalue weighted by atomic mass is 10.1. The first-order chi connectivity index (χ1) is 15.5. The summed E-state index contributed by atoms with van der Waals surface area (Å²) in [6.45, 7) is -0.133. The molecule has 0 saturated carbocycles. The van der Waals surface area contributed by atoms with E-state index in [1.54, 1.807) is 11.4 Å². The molecular weight excluding hydrogens is 430 g/mol. The van der Waals surface area contributed by atoms with Crippen molar-refractivity contribution < 1.29 is 19.2 Å². The van der Waals surface area contributed by atoms with E-state index in [1.807, 2.05) is 30.3 Å². The molecule has 0 aliphatic carbocycles. The molecule has 0 bridgehead atoms. The molecule has 0 atom stereocenters. The number of nitrogens with one attached hydrogen (secondary N) is 1. The number of aromatic nitrogens is 2. The molecule has 4 rings (SSSR count). The first-order valence-electron chi connectivity index (χ1n) is 9.84. The Bertz CT molecular complexity index is 1130. The lowest BCUT2D eigenvalue weighted by Gasteiger charge is -2.32. The van der Waals surface area contributed by atoms with Crippen LogP contribution in [0.15, 0.2) is 60.4 Å². The van der Waals surface area contributed by atoms with Gasteiger partial charge in [-0.25, -0.2) is 4.98 Å². The number of anilines is 1. The summed E-state index contributed by atoms with van der Waals surface area (Å²) in [5.74, 6) is -1.85. The smallest absolute Gasteiger partial charge is 0.275 e. The molecule has 10 heteroatoms. The van der Waals surface area contributed by atoms with Crippen molar-refractivity contribution in [2.45, 2.75) is 6.42 Å². The zero-order chi connectivity index (χ0) is 22.5. The van der Waals surface area contributed by atoms with E-state index in [-0.39, 0.29) is 30.2 Å². The Morgan fingerprint density at radius 3 is 2.47 bits per heavy atom. The van der Waals surface area contributed by atoms with Crippen LogP contribution in [-0.2, 0) is 16.0 Å². The number of piperazine rings is 1. The number of amides is 4. The van der Waals surface area contributed by atoms with Crippen molar-refractivity contribution in [2.75, 3.05) is 25.0 Å². The van der Waals surface area contributed by atoms with E-state index >= 15 is 0 Å². The van der Waals surface area contributed by atoms with Crippen LogP contribution in [0.25, 0.3) is 0 Å². The van der Waals surface area contributed by atoms with Gasteiger partial charge in [0.05, 0.1) is 11.9 Å². The Kier molecular flexibility index (Phi) is 6.31. The maximum atomic E-state index is 13.0. The highest BCUT2D eigenvalue weighted by atomic mass is 32.1. The number of carbonyl (C=O) groups is 4. The minimum atomic E-state index is -0.511. The van der Waals surface area contributed by atoms with Crippen LogP contribution in [0, 0.1) is 0 Å². The van der Waals surface area contributed by atoms with Gasteiger partial charge in [-0.1, -0.05) is 30.3 Å². The Balaban J connectivity index is 1.41. The van der Waals surface area contributed by atoms with Gasteiger partial charge in [0.1, 0.15) is 23.7 Å². The van der Waals surface area contributed by atoms with Crippen molar-refractivity contribution in [1.29, 1.82) is 0 Å². The molecule has 4 amide bonds. The highest BCUT2D eigenvalue weighted by Gasteiger charge is 2.34. The van der Waals surface area contributed by atoms with E-state index in [0.29, 0.717) is 12.1 Å². The van der Waals surface area contributed by atoms with E-state index in [1.165, 1.54) is 28.4 Å². The van der Waals surface area contributed by atoms with Gasteiger partial charge >= 0.3 is 0 Å². The number of nitrogens with zero attached hydrogens (tertiary/aromatic N) is 4. The molecule has 1 fully saturated rings. The number of imide groups is 1. The van der Waals surface area contributed by atoms with Gasteiger partial charge in [-0.3, -0.25) is 29.1 Å². The van der Waals surface area contributed by atoms with Crippen LogP contribution in [0.5, 0.6) is 0 Å². The highest BCUT2D eigenvalue weighted by Crippen LogP contribution is 2.25. The molecule has 0 spiro atoms. The monoisotopic (exact) mass is 449 g/mol. The fraction of sp³-hybridized carbons (Fsp3) is 0.182. The van der Waals surface area contributed by atoms with Crippen LogP contribution in [0.4, 0.5) is 5.69 Å². The maximum Gasteiger partial charge on any atom is 0.275 e. The number of benzene rings is 1. The molecule has 1 aliphatic rings. The SMILES string of the molecule is O=C(Nc1ccsc1C(=O)N1CC(=O)N(CCc2ccccc2)C(=O)C1)c1cnccn1. The first kappa shape index (κ1) is 21.3. The zero-order valence-electron chi connectivity index (χ0n) is 16.9. The summed E-state index contributed by atoms with van der Waals surface area (Å²) < 4.78 is 0. The van der Waals surface area contributed by atoms with Crippen molar-refractivity contribution in [1.82, 2.24) is 19.8 Å². The molecule has 162 valence electrons. The van der Waals surface area contributed by atoms with Gasteiger partial charge in [-0.2, -0.15) is 0 Å². The van der Waals surface area contributed by atoms with Crippen LogP contribution < -0.4 is 5.32 Å². The second kappa shape index (κ2) is 9.48. The quantitative estimate of drug-likeness (QED) is 0.575. The van der Waals surface area contributed by atoms with Crippen molar-refractivity contribution in [3.8, 4) is 0 Å². The number of rotatable bonds is 6.